The van der Waals surface area contributed by atoms with E-state index in [-0.39, 0.29) is 12.2 Å². The molecule has 1 rings (SSSR count). The van der Waals surface area contributed by atoms with Crippen LogP contribution in [-0.2, 0) is 9.53 Å². The van der Waals surface area contributed by atoms with Crippen LogP contribution in [0.4, 0.5) is 4.39 Å². The van der Waals surface area contributed by atoms with Gasteiger partial charge in [0.15, 0.2) is 0 Å². The number of hydrogen-bond acceptors (Lipinski definition) is 4. The molecule has 0 N–H and O–H groups in total. The summed E-state index contributed by atoms with van der Waals surface area (Å²) in [6.45, 7) is 1.85. The highest BCUT2D eigenvalue weighted by atomic mass is 19.1. The molecule has 0 aliphatic heterocycles. The van der Waals surface area contributed by atoms with Gasteiger partial charge in [-0.25, -0.2) is 9.18 Å². The summed E-state index contributed by atoms with van der Waals surface area (Å²) >= 11 is 0. The third-order valence-corrected chi connectivity index (χ3v) is 2.18. The van der Waals surface area contributed by atoms with Crippen molar-refractivity contribution in [2.45, 2.75) is 19.5 Å². The number of hydrogen-bond donors (Lipinski definition) is 0. The van der Waals surface area contributed by atoms with Gasteiger partial charge in [0, 0.05) is 5.56 Å². The van der Waals surface area contributed by atoms with Crippen LogP contribution in [0.3, 0.4) is 0 Å². The van der Waals surface area contributed by atoms with Crippen molar-refractivity contribution < 1.29 is 18.7 Å². The highest BCUT2D eigenvalue weighted by molar-refractivity contribution is 6.11. The average Bonchev–Trinajstić information content (AvgIpc) is 2.43. The summed E-state index contributed by atoms with van der Waals surface area (Å²) in [5.74, 6) is -2.13. The van der Waals surface area contributed by atoms with Crippen molar-refractivity contribution in [3.8, 4) is 6.07 Å². The van der Waals surface area contributed by atoms with Crippen LogP contribution in [0.15, 0.2) is 24.3 Å². The molecule has 0 bridgehead atoms. The molecule has 1 atom stereocenters. The normalized spacial score (nSPS) is 11.4. The summed E-state index contributed by atoms with van der Waals surface area (Å²) in [6.07, 6.45) is -1.76. The summed E-state index contributed by atoms with van der Waals surface area (Å²) in [5.41, 5.74) is 0.394. The molecule has 0 fully saturated rings. The van der Waals surface area contributed by atoms with Gasteiger partial charge in [0.1, 0.15) is 0 Å². The van der Waals surface area contributed by atoms with Gasteiger partial charge >= 0.3 is 5.97 Å². The lowest BCUT2D eigenvalue weighted by Gasteiger charge is -2.07. The summed E-state index contributed by atoms with van der Waals surface area (Å²) in [6, 6.07) is 7.26. The number of Topliss-reactive ketones (excluding diaryl/α,β-unsaturated/α-hetero) is 1. The van der Waals surface area contributed by atoms with Crippen LogP contribution in [0, 0.1) is 11.3 Å². The Bertz CT molecular complexity index is 476. The third kappa shape index (κ3) is 3.39. The molecule has 0 amide bonds. The van der Waals surface area contributed by atoms with Gasteiger partial charge in [-0.2, -0.15) is 5.26 Å². The van der Waals surface area contributed by atoms with Gasteiger partial charge < -0.3 is 4.74 Å². The van der Waals surface area contributed by atoms with E-state index in [2.05, 4.69) is 4.74 Å². The zero-order valence-electron chi connectivity index (χ0n) is 9.85. The molecular formula is C13H12FNO3. The minimum atomic E-state index is -2.32. The molecule has 0 aromatic heterocycles. The van der Waals surface area contributed by atoms with Gasteiger partial charge in [0.25, 0.3) is 6.17 Å². The van der Waals surface area contributed by atoms with Crippen molar-refractivity contribution in [2.75, 3.05) is 6.61 Å². The minimum Gasteiger partial charge on any atom is -0.463 e. The molecule has 0 heterocycles. The Balaban J connectivity index is 2.74. The first kappa shape index (κ1) is 13.8. The molecule has 0 spiro atoms. The molecule has 1 unspecified atom stereocenters. The number of alkyl halides is 1. The van der Waals surface area contributed by atoms with Crippen molar-refractivity contribution in [2.24, 2.45) is 0 Å². The number of rotatable bonds is 5. The molecule has 0 saturated carbocycles. The number of carbonyl (C=O) groups excluding carboxylic acids is 2. The van der Waals surface area contributed by atoms with Crippen molar-refractivity contribution >= 4 is 11.8 Å². The highest BCUT2D eigenvalue weighted by Crippen LogP contribution is 2.10. The number of nitriles is 1. The number of ether oxygens (including phenoxy) is 1. The summed E-state index contributed by atoms with van der Waals surface area (Å²) in [4.78, 5) is 22.8. The molecule has 0 aliphatic rings. The molecule has 94 valence electrons. The SMILES string of the molecule is CCCOC(=O)C(F)C(=O)c1ccc(C#N)cc1. The molecule has 1 aromatic rings. The number of carbonyl (C=O) groups is 2. The Hall–Kier alpha value is -2.22. The number of benzene rings is 1. The quantitative estimate of drug-likeness (QED) is 0.455. The molecule has 0 radical (unpaired) electrons. The lowest BCUT2D eigenvalue weighted by molar-refractivity contribution is -0.147. The fraction of sp³-hybridized carbons (Fsp3) is 0.308. The van der Waals surface area contributed by atoms with Gasteiger partial charge in [0.05, 0.1) is 18.2 Å². The van der Waals surface area contributed by atoms with E-state index in [4.69, 9.17) is 5.26 Å². The maximum Gasteiger partial charge on any atom is 0.349 e. The average molecular weight is 249 g/mol. The lowest BCUT2D eigenvalue weighted by atomic mass is 10.1. The molecule has 18 heavy (non-hydrogen) atoms. The van der Waals surface area contributed by atoms with Crippen molar-refractivity contribution in [3.05, 3.63) is 35.4 Å². The Morgan fingerprint density at radius 2 is 2.00 bits per heavy atom. The van der Waals surface area contributed by atoms with Crippen molar-refractivity contribution in [1.82, 2.24) is 0 Å². The van der Waals surface area contributed by atoms with Gasteiger partial charge in [-0.15, -0.1) is 0 Å². The zero-order chi connectivity index (χ0) is 13.5. The zero-order valence-corrected chi connectivity index (χ0v) is 9.85. The smallest absolute Gasteiger partial charge is 0.349 e. The number of halogens is 1. The van der Waals surface area contributed by atoms with E-state index in [9.17, 15) is 14.0 Å². The van der Waals surface area contributed by atoms with Crippen LogP contribution in [0.1, 0.15) is 29.3 Å². The lowest BCUT2D eigenvalue weighted by Crippen LogP contribution is -2.28. The first-order chi connectivity index (χ1) is 8.60. The van der Waals surface area contributed by atoms with Crippen LogP contribution in [0.5, 0.6) is 0 Å². The molecule has 4 nitrogen and oxygen atoms in total. The van der Waals surface area contributed by atoms with Crippen LogP contribution < -0.4 is 0 Å². The van der Waals surface area contributed by atoms with Crippen LogP contribution in [0.25, 0.3) is 0 Å². The first-order valence-corrected chi connectivity index (χ1v) is 5.45. The Labute approximate surface area is 104 Å². The van der Waals surface area contributed by atoms with Gasteiger partial charge in [0.2, 0.25) is 5.78 Å². The maximum absolute atomic E-state index is 13.5. The van der Waals surface area contributed by atoms with Crippen molar-refractivity contribution in [3.63, 3.8) is 0 Å². The van der Waals surface area contributed by atoms with E-state index in [0.29, 0.717) is 12.0 Å². The molecular weight excluding hydrogens is 237 g/mol. The second kappa shape index (κ2) is 6.50. The monoisotopic (exact) mass is 249 g/mol. The second-order valence-electron chi connectivity index (χ2n) is 3.58. The van der Waals surface area contributed by atoms with E-state index in [1.807, 2.05) is 6.07 Å². The van der Waals surface area contributed by atoms with E-state index in [1.54, 1.807) is 6.92 Å². The third-order valence-electron chi connectivity index (χ3n) is 2.18. The summed E-state index contributed by atoms with van der Waals surface area (Å²) < 4.78 is 18.0. The fourth-order valence-corrected chi connectivity index (χ4v) is 1.24. The Morgan fingerprint density at radius 1 is 1.39 bits per heavy atom. The minimum absolute atomic E-state index is 0.0370. The van der Waals surface area contributed by atoms with Gasteiger partial charge in [-0.05, 0) is 30.7 Å². The van der Waals surface area contributed by atoms with Crippen LogP contribution >= 0.6 is 0 Å². The highest BCUT2D eigenvalue weighted by Gasteiger charge is 2.28. The Morgan fingerprint density at radius 3 is 2.50 bits per heavy atom. The molecule has 0 saturated heterocycles. The van der Waals surface area contributed by atoms with Crippen LogP contribution in [-0.4, -0.2) is 24.5 Å². The van der Waals surface area contributed by atoms with Gasteiger partial charge in [-0.1, -0.05) is 6.92 Å². The predicted molar refractivity (Wildman–Crippen MR) is 61.6 cm³/mol. The van der Waals surface area contributed by atoms with E-state index in [1.165, 1.54) is 24.3 Å². The Kier molecular flexibility index (Phi) is 5.00. The fourth-order valence-electron chi connectivity index (χ4n) is 1.24. The molecule has 0 aliphatic carbocycles. The van der Waals surface area contributed by atoms with E-state index >= 15 is 0 Å². The standard InChI is InChI=1S/C13H12FNO3/c1-2-7-18-13(17)11(14)12(16)10-5-3-9(8-15)4-6-10/h3-6,11H,2,7H2,1H3. The maximum atomic E-state index is 13.5. The van der Waals surface area contributed by atoms with E-state index in [0.717, 1.165) is 0 Å². The van der Waals surface area contributed by atoms with Crippen LogP contribution in [0.2, 0.25) is 0 Å². The number of esters is 1. The topological polar surface area (TPSA) is 67.2 Å². The van der Waals surface area contributed by atoms with Gasteiger partial charge in [-0.3, -0.25) is 4.79 Å². The molecule has 1 aromatic carbocycles. The number of ketones is 1. The first-order valence-electron chi connectivity index (χ1n) is 5.45. The predicted octanol–water partition coefficient (Wildman–Crippen LogP) is 2.03. The number of nitrogens with zero attached hydrogens (tertiary/aromatic N) is 1. The second-order valence-corrected chi connectivity index (χ2v) is 3.58. The molecule has 5 heteroatoms. The summed E-state index contributed by atoms with van der Waals surface area (Å²) in [5, 5.41) is 8.58. The van der Waals surface area contributed by atoms with E-state index < -0.39 is 17.9 Å². The largest absolute Gasteiger partial charge is 0.463 e. The van der Waals surface area contributed by atoms with Crippen molar-refractivity contribution in [1.29, 1.82) is 5.26 Å². The summed E-state index contributed by atoms with van der Waals surface area (Å²) in [7, 11) is 0.